The minimum absolute atomic E-state index is 0.0426. The van der Waals surface area contributed by atoms with Crippen molar-refractivity contribution in [2.45, 2.75) is 38.4 Å². The van der Waals surface area contributed by atoms with Crippen LogP contribution in [0.5, 0.6) is 0 Å². The predicted octanol–water partition coefficient (Wildman–Crippen LogP) is 3.59. The van der Waals surface area contributed by atoms with Crippen LogP contribution in [-0.4, -0.2) is 38.1 Å². The average molecular weight is 342 g/mol. The van der Waals surface area contributed by atoms with Gasteiger partial charge in [-0.25, -0.2) is 0 Å². The Balaban J connectivity index is 1.53. The third kappa shape index (κ3) is 5.38. The highest BCUT2D eigenvalue weighted by Crippen LogP contribution is 2.23. The van der Waals surface area contributed by atoms with Crippen LogP contribution < -0.4 is 0 Å². The molecule has 3 atom stereocenters. The maximum Gasteiger partial charge on any atom is 0.115 e. The second-order valence-corrected chi connectivity index (χ2v) is 6.13. The Morgan fingerprint density at radius 1 is 0.880 bits per heavy atom. The van der Waals surface area contributed by atoms with E-state index in [-0.39, 0.29) is 18.3 Å². The summed E-state index contributed by atoms with van der Waals surface area (Å²) in [5, 5.41) is 0. The van der Waals surface area contributed by atoms with E-state index in [9.17, 15) is 0 Å². The van der Waals surface area contributed by atoms with Crippen molar-refractivity contribution in [3.05, 3.63) is 71.8 Å². The van der Waals surface area contributed by atoms with E-state index < -0.39 is 0 Å². The lowest BCUT2D eigenvalue weighted by molar-refractivity contribution is -0.0851. The van der Waals surface area contributed by atoms with Gasteiger partial charge in [-0.2, -0.15) is 0 Å². The van der Waals surface area contributed by atoms with Gasteiger partial charge in [0.05, 0.1) is 26.4 Å². The van der Waals surface area contributed by atoms with Crippen molar-refractivity contribution in [1.29, 1.82) is 0 Å². The molecular formula is C21H26O4. The van der Waals surface area contributed by atoms with Crippen molar-refractivity contribution < 1.29 is 18.9 Å². The largest absolute Gasteiger partial charge is 0.374 e. The fraction of sp³-hybridized carbons (Fsp3) is 0.429. The highest BCUT2D eigenvalue weighted by atomic mass is 16.6. The van der Waals surface area contributed by atoms with Gasteiger partial charge in [0.1, 0.15) is 18.3 Å². The van der Waals surface area contributed by atoms with Gasteiger partial charge in [0.15, 0.2) is 0 Å². The van der Waals surface area contributed by atoms with Crippen molar-refractivity contribution in [2.75, 3.05) is 19.8 Å². The first-order chi connectivity index (χ1) is 12.4. The van der Waals surface area contributed by atoms with Crippen LogP contribution in [0.3, 0.4) is 0 Å². The molecule has 1 heterocycles. The molecule has 2 aromatic carbocycles. The lowest BCUT2D eigenvalue weighted by Crippen LogP contribution is -2.37. The first kappa shape index (κ1) is 18.1. The van der Waals surface area contributed by atoms with Crippen molar-refractivity contribution in [2.24, 2.45) is 0 Å². The molecule has 0 bridgehead atoms. The van der Waals surface area contributed by atoms with Crippen LogP contribution in [0.1, 0.15) is 18.1 Å². The van der Waals surface area contributed by atoms with Crippen molar-refractivity contribution in [1.82, 2.24) is 0 Å². The van der Waals surface area contributed by atoms with Gasteiger partial charge in [-0.05, 0) is 18.1 Å². The first-order valence-corrected chi connectivity index (χ1v) is 8.87. The van der Waals surface area contributed by atoms with Crippen molar-refractivity contribution >= 4 is 0 Å². The first-order valence-electron chi connectivity index (χ1n) is 8.87. The summed E-state index contributed by atoms with van der Waals surface area (Å²) < 4.78 is 23.7. The van der Waals surface area contributed by atoms with E-state index in [1.165, 1.54) is 0 Å². The summed E-state index contributed by atoms with van der Waals surface area (Å²) in [4.78, 5) is 0. The second kappa shape index (κ2) is 9.68. The van der Waals surface area contributed by atoms with Crippen LogP contribution in [0, 0.1) is 0 Å². The van der Waals surface area contributed by atoms with Gasteiger partial charge in [0, 0.05) is 6.61 Å². The molecule has 0 radical (unpaired) electrons. The van der Waals surface area contributed by atoms with E-state index >= 15 is 0 Å². The number of hydrogen-bond donors (Lipinski definition) is 0. The fourth-order valence-corrected chi connectivity index (χ4v) is 3.00. The van der Waals surface area contributed by atoms with Crippen LogP contribution in [0.25, 0.3) is 0 Å². The summed E-state index contributed by atoms with van der Waals surface area (Å²) in [5.74, 6) is 0. The summed E-state index contributed by atoms with van der Waals surface area (Å²) in [6, 6.07) is 20.3. The van der Waals surface area contributed by atoms with E-state index in [1.807, 2.05) is 43.3 Å². The SMILES string of the molecule is CCOC1COC(COCc2ccccc2)C1OCc1ccccc1. The third-order valence-electron chi connectivity index (χ3n) is 4.27. The molecule has 25 heavy (non-hydrogen) atoms. The fourth-order valence-electron chi connectivity index (χ4n) is 3.00. The van der Waals surface area contributed by atoms with E-state index in [0.717, 1.165) is 11.1 Å². The lowest BCUT2D eigenvalue weighted by atomic mass is 10.1. The second-order valence-electron chi connectivity index (χ2n) is 6.13. The van der Waals surface area contributed by atoms with Crippen LogP contribution >= 0.6 is 0 Å². The van der Waals surface area contributed by atoms with E-state index in [4.69, 9.17) is 18.9 Å². The summed E-state index contributed by atoms with van der Waals surface area (Å²) in [6.45, 7) is 4.81. The molecule has 1 aliphatic rings. The summed E-state index contributed by atoms with van der Waals surface area (Å²) >= 11 is 0. The molecule has 0 aromatic heterocycles. The molecule has 134 valence electrons. The predicted molar refractivity (Wildman–Crippen MR) is 96.3 cm³/mol. The smallest absolute Gasteiger partial charge is 0.115 e. The Morgan fingerprint density at radius 2 is 1.52 bits per heavy atom. The van der Waals surface area contributed by atoms with E-state index in [2.05, 4.69) is 24.3 Å². The highest BCUT2D eigenvalue weighted by Gasteiger charge is 2.39. The topological polar surface area (TPSA) is 36.9 Å². The monoisotopic (exact) mass is 342 g/mol. The molecule has 1 aliphatic heterocycles. The van der Waals surface area contributed by atoms with Crippen molar-refractivity contribution in [3.8, 4) is 0 Å². The summed E-state index contributed by atoms with van der Waals surface area (Å²) in [6.07, 6.45) is -0.265. The molecule has 4 nitrogen and oxygen atoms in total. The minimum atomic E-state index is -0.115. The third-order valence-corrected chi connectivity index (χ3v) is 4.27. The molecule has 0 amide bonds. The maximum absolute atomic E-state index is 6.14. The van der Waals surface area contributed by atoms with Gasteiger partial charge in [0.2, 0.25) is 0 Å². The van der Waals surface area contributed by atoms with Gasteiger partial charge in [-0.1, -0.05) is 60.7 Å². The standard InChI is InChI=1S/C21H26O4/c1-2-23-20-16-24-19(15-22-13-17-9-5-3-6-10-17)21(20)25-14-18-11-7-4-8-12-18/h3-12,19-21H,2,13-16H2,1H3. The highest BCUT2D eigenvalue weighted by molar-refractivity contribution is 5.14. The Morgan fingerprint density at radius 3 is 2.16 bits per heavy atom. The molecule has 0 N–H and O–H groups in total. The Hall–Kier alpha value is -1.72. The van der Waals surface area contributed by atoms with Gasteiger partial charge < -0.3 is 18.9 Å². The molecule has 1 fully saturated rings. The number of ether oxygens (including phenoxy) is 4. The Labute approximate surface area is 149 Å². The normalized spacial score (nSPS) is 23.0. The van der Waals surface area contributed by atoms with Gasteiger partial charge in [-0.3, -0.25) is 0 Å². The van der Waals surface area contributed by atoms with E-state index in [1.54, 1.807) is 0 Å². The quantitative estimate of drug-likeness (QED) is 0.698. The maximum atomic E-state index is 6.14. The van der Waals surface area contributed by atoms with Crippen LogP contribution in [0.4, 0.5) is 0 Å². The molecule has 4 heteroatoms. The molecule has 3 unspecified atom stereocenters. The molecule has 0 aliphatic carbocycles. The molecule has 1 saturated heterocycles. The molecule has 0 spiro atoms. The molecule has 2 aromatic rings. The van der Waals surface area contributed by atoms with Gasteiger partial charge >= 0.3 is 0 Å². The van der Waals surface area contributed by atoms with Crippen LogP contribution in [0.2, 0.25) is 0 Å². The van der Waals surface area contributed by atoms with Crippen LogP contribution in [-0.2, 0) is 32.2 Å². The minimum Gasteiger partial charge on any atom is -0.374 e. The number of rotatable bonds is 9. The zero-order valence-corrected chi connectivity index (χ0v) is 14.7. The lowest BCUT2D eigenvalue weighted by Gasteiger charge is -2.23. The molecule has 3 rings (SSSR count). The van der Waals surface area contributed by atoms with Crippen LogP contribution in [0.15, 0.2) is 60.7 Å². The average Bonchev–Trinajstić information content (AvgIpc) is 3.04. The van der Waals surface area contributed by atoms with Crippen molar-refractivity contribution in [3.63, 3.8) is 0 Å². The summed E-state index contributed by atoms with van der Waals surface area (Å²) in [5.41, 5.74) is 2.30. The Bertz CT molecular complexity index is 602. The Kier molecular flexibility index (Phi) is 7.00. The summed E-state index contributed by atoms with van der Waals surface area (Å²) in [7, 11) is 0. The van der Waals surface area contributed by atoms with E-state index in [0.29, 0.717) is 33.0 Å². The molecule has 0 saturated carbocycles. The number of benzene rings is 2. The zero-order chi connectivity index (χ0) is 17.3. The molecular weight excluding hydrogens is 316 g/mol. The zero-order valence-electron chi connectivity index (χ0n) is 14.7. The van der Waals surface area contributed by atoms with Gasteiger partial charge in [-0.15, -0.1) is 0 Å². The van der Waals surface area contributed by atoms with Gasteiger partial charge in [0.25, 0.3) is 0 Å². The number of hydrogen-bond acceptors (Lipinski definition) is 4.